The van der Waals surface area contributed by atoms with Gasteiger partial charge >= 0.3 is 0 Å². The smallest absolute Gasteiger partial charge is 0.197 e. The van der Waals surface area contributed by atoms with Gasteiger partial charge in [0.15, 0.2) is 11.4 Å². The van der Waals surface area contributed by atoms with Crippen molar-refractivity contribution in [1.82, 2.24) is 29.5 Å². The van der Waals surface area contributed by atoms with Crippen LogP contribution >= 0.6 is 11.3 Å². The highest BCUT2D eigenvalue weighted by atomic mass is 32.1. The minimum atomic E-state index is 0.343. The number of nitrogens with one attached hydrogen (secondary N) is 1. The molecule has 1 spiro atoms. The van der Waals surface area contributed by atoms with Crippen molar-refractivity contribution in [1.29, 1.82) is 0 Å². The molecule has 1 aliphatic carbocycles. The first kappa shape index (κ1) is 23.6. The first-order chi connectivity index (χ1) is 18.0. The van der Waals surface area contributed by atoms with Crippen LogP contribution in [0, 0.1) is 5.41 Å². The standard InChI is InChI=1S/C28H36N6O2S/c1-17(2)22-23(19-12-21(35-3)25-29-16-30-34(25)13-19)31-27-24(22)32-26(37-27)18-4-6-20(7-5-18)33-10-8-28(9-11-33)14-36-15-28/h12-13,16-18,20,31H,4-11,14-15H2,1-3H3. The second-order valence-electron chi connectivity index (χ2n) is 11.7. The maximum Gasteiger partial charge on any atom is 0.197 e. The van der Waals surface area contributed by atoms with Crippen molar-refractivity contribution in [2.45, 2.75) is 70.3 Å². The fourth-order valence-electron chi connectivity index (χ4n) is 6.78. The van der Waals surface area contributed by atoms with Crippen molar-refractivity contribution in [3.63, 3.8) is 0 Å². The van der Waals surface area contributed by atoms with Gasteiger partial charge in [-0.1, -0.05) is 13.8 Å². The van der Waals surface area contributed by atoms with E-state index in [0.29, 0.717) is 17.3 Å². The molecule has 4 aromatic heterocycles. The quantitative estimate of drug-likeness (QED) is 0.369. The Morgan fingerprint density at radius 2 is 1.95 bits per heavy atom. The van der Waals surface area contributed by atoms with Gasteiger partial charge in [0.25, 0.3) is 0 Å². The Kier molecular flexibility index (Phi) is 5.78. The van der Waals surface area contributed by atoms with Gasteiger partial charge in [-0.15, -0.1) is 11.3 Å². The zero-order chi connectivity index (χ0) is 25.1. The van der Waals surface area contributed by atoms with Crippen LogP contribution in [-0.2, 0) is 4.74 Å². The first-order valence-corrected chi connectivity index (χ1v) is 14.6. The van der Waals surface area contributed by atoms with Crippen molar-refractivity contribution >= 4 is 27.3 Å². The van der Waals surface area contributed by atoms with Crippen LogP contribution in [0.1, 0.15) is 74.8 Å². The number of aromatic amines is 1. The van der Waals surface area contributed by atoms with Gasteiger partial charge in [-0.2, -0.15) is 5.10 Å². The molecule has 1 N–H and O–H groups in total. The van der Waals surface area contributed by atoms with Gasteiger partial charge in [0.05, 0.1) is 31.0 Å². The Hall–Kier alpha value is -2.49. The summed E-state index contributed by atoms with van der Waals surface area (Å²) in [5.74, 6) is 1.64. The van der Waals surface area contributed by atoms with E-state index in [1.807, 2.05) is 23.6 Å². The fraction of sp³-hybridized carbons (Fsp3) is 0.607. The molecule has 6 heterocycles. The van der Waals surface area contributed by atoms with E-state index in [4.69, 9.17) is 14.5 Å². The average molecular weight is 521 g/mol. The first-order valence-electron chi connectivity index (χ1n) is 13.8. The number of methoxy groups -OCH3 is 1. The molecule has 3 aliphatic rings. The predicted octanol–water partition coefficient (Wildman–Crippen LogP) is 5.60. The van der Waals surface area contributed by atoms with Crippen molar-refractivity contribution in [2.24, 2.45) is 5.41 Å². The van der Waals surface area contributed by atoms with Gasteiger partial charge in [0.1, 0.15) is 16.7 Å². The summed E-state index contributed by atoms with van der Waals surface area (Å²) in [6.07, 6.45) is 11.3. The highest BCUT2D eigenvalue weighted by Crippen LogP contribution is 2.44. The zero-order valence-corrected chi connectivity index (χ0v) is 22.8. The van der Waals surface area contributed by atoms with E-state index in [1.54, 1.807) is 18.0 Å². The molecular formula is C28H36N6O2S. The average Bonchev–Trinajstić information content (AvgIpc) is 3.61. The number of hydrogen-bond acceptors (Lipinski definition) is 7. The van der Waals surface area contributed by atoms with Crippen LogP contribution in [0.5, 0.6) is 5.75 Å². The molecule has 196 valence electrons. The lowest BCUT2D eigenvalue weighted by molar-refractivity contribution is -0.143. The third-order valence-electron chi connectivity index (χ3n) is 9.07. The SMILES string of the molecule is COc1cc(-c2[nH]c3sc(C4CCC(N5CCC6(CC5)COC6)CC4)nc3c2C(C)C)cn2ncnc12. The van der Waals surface area contributed by atoms with Crippen LogP contribution in [-0.4, -0.2) is 68.9 Å². The van der Waals surface area contributed by atoms with Gasteiger partial charge in [-0.05, 0) is 63.6 Å². The molecule has 0 atom stereocenters. The number of pyridine rings is 1. The van der Waals surface area contributed by atoms with Gasteiger partial charge in [-0.3, -0.25) is 0 Å². The van der Waals surface area contributed by atoms with Crippen LogP contribution in [0.3, 0.4) is 0 Å². The molecule has 7 rings (SSSR count). The lowest BCUT2D eigenvalue weighted by Crippen LogP contribution is -2.53. The summed E-state index contributed by atoms with van der Waals surface area (Å²) in [4.78, 5) is 17.3. The molecule has 0 unspecified atom stereocenters. The molecule has 2 aliphatic heterocycles. The normalized spacial score (nSPS) is 24.3. The number of rotatable bonds is 5. The lowest BCUT2D eigenvalue weighted by atomic mass is 9.75. The van der Waals surface area contributed by atoms with Crippen molar-refractivity contribution < 1.29 is 9.47 Å². The summed E-state index contributed by atoms with van der Waals surface area (Å²) < 4.78 is 12.9. The van der Waals surface area contributed by atoms with Crippen molar-refractivity contribution in [2.75, 3.05) is 33.4 Å². The minimum absolute atomic E-state index is 0.343. The van der Waals surface area contributed by atoms with E-state index in [2.05, 4.69) is 33.8 Å². The molecule has 0 amide bonds. The van der Waals surface area contributed by atoms with Crippen LogP contribution in [0.25, 0.3) is 27.3 Å². The Balaban J connectivity index is 1.11. The summed E-state index contributed by atoms with van der Waals surface area (Å²) in [5.41, 5.74) is 5.80. The molecule has 0 radical (unpaired) electrons. The molecule has 4 aromatic rings. The van der Waals surface area contributed by atoms with Crippen LogP contribution in [0.4, 0.5) is 0 Å². The molecule has 2 saturated heterocycles. The van der Waals surface area contributed by atoms with Crippen LogP contribution < -0.4 is 4.74 Å². The van der Waals surface area contributed by atoms with Crippen molar-refractivity contribution in [3.05, 3.63) is 29.2 Å². The number of nitrogens with zero attached hydrogens (tertiary/aromatic N) is 5. The van der Waals surface area contributed by atoms with E-state index >= 15 is 0 Å². The fourth-order valence-corrected chi connectivity index (χ4v) is 7.93. The molecular weight excluding hydrogens is 484 g/mol. The molecule has 0 bridgehead atoms. The number of fused-ring (bicyclic) bond motifs is 2. The predicted molar refractivity (Wildman–Crippen MR) is 146 cm³/mol. The highest BCUT2D eigenvalue weighted by Gasteiger charge is 2.42. The van der Waals surface area contributed by atoms with Gasteiger partial charge < -0.3 is 19.4 Å². The Bertz CT molecular complexity index is 1420. The third kappa shape index (κ3) is 3.97. The number of piperidine rings is 1. The second-order valence-corrected chi connectivity index (χ2v) is 12.7. The Labute approximate surface area is 221 Å². The van der Waals surface area contributed by atoms with E-state index < -0.39 is 0 Å². The Morgan fingerprint density at radius 1 is 1.16 bits per heavy atom. The number of H-pyrrole nitrogens is 1. The monoisotopic (exact) mass is 520 g/mol. The van der Waals surface area contributed by atoms with Crippen LogP contribution in [0.15, 0.2) is 18.6 Å². The number of likely N-dealkylation sites (tertiary alicyclic amines) is 1. The number of hydrogen-bond donors (Lipinski definition) is 1. The minimum Gasteiger partial charge on any atom is -0.493 e. The summed E-state index contributed by atoms with van der Waals surface area (Å²) in [7, 11) is 1.68. The summed E-state index contributed by atoms with van der Waals surface area (Å²) >= 11 is 1.85. The maximum absolute atomic E-state index is 5.61. The van der Waals surface area contributed by atoms with E-state index in [-0.39, 0.29) is 0 Å². The molecule has 3 fully saturated rings. The molecule has 0 aromatic carbocycles. The third-order valence-corrected chi connectivity index (χ3v) is 10.2. The van der Waals surface area contributed by atoms with Gasteiger partial charge in [0.2, 0.25) is 0 Å². The molecule has 8 nitrogen and oxygen atoms in total. The number of ether oxygens (including phenoxy) is 2. The summed E-state index contributed by atoms with van der Waals surface area (Å²) in [5, 5.41) is 5.66. The number of thiazole rings is 1. The largest absolute Gasteiger partial charge is 0.493 e. The van der Waals surface area contributed by atoms with E-state index in [0.717, 1.165) is 47.4 Å². The molecule has 9 heteroatoms. The summed E-state index contributed by atoms with van der Waals surface area (Å²) in [6.45, 7) is 9.00. The maximum atomic E-state index is 5.61. The zero-order valence-electron chi connectivity index (χ0n) is 22.0. The lowest BCUT2D eigenvalue weighted by Gasteiger charge is -2.49. The highest BCUT2D eigenvalue weighted by molar-refractivity contribution is 7.18. The van der Waals surface area contributed by atoms with E-state index in [1.165, 1.54) is 67.0 Å². The molecule has 1 saturated carbocycles. The second kappa shape index (κ2) is 9.06. The summed E-state index contributed by atoms with van der Waals surface area (Å²) in [6, 6.07) is 2.80. The molecule has 37 heavy (non-hydrogen) atoms. The topological polar surface area (TPSA) is 80.6 Å². The van der Waals surface area contributed by atoms with Gasteiger partial charge in [0, 0.05) is 34.7 Å². The van der Waals surface area contributed by atoms with Crippen molar-refractivity contribution in [3.8, 4) is 17.0 Å². The van der Waals surface area contributed by atoms with Crippen LogP contribution in [0.2, 0.25) is 0 Å². The Morgan fingerprint density at radius 3 is 2.62 bits per heavy atom. The van der Waals surface area contributed by atoms with E-state index in [9.17, 15) is 0 Å². The van der Waals surface area contributed by atoms with Gasteiger partial charge in [-0.25, -0.2) is 14.5 Å². The number of aromatic nitrogens is 5.